The van der Waals surface area contributed by atoms with E-state index in [1.54, 1.807) is 19.4 Å². The molecule has 134 valence electrons. The van der Waals surface area contributed by atoms with Crippen LogP contribution in [0.5, 0.6) is 5.75 Å². The van der Waals surface area contributed by atoms with Gasteiger partial charge < -0.3 is 10.1 Å². The van der Waals surface area contributed by atoms with Crippen molar-refractivity contribution < 1.29 is 9.53 Å². The van der Waals surface area contributed by atoms with Gasteiger partial charge in [0.05, 0.1) is 7.11 Å². The Morgan fingerprint density at radius 2 is 2.12 bits per heavy atom. The lowest BCUT2D eigenvalue weighted by molar-refractivity contribution is 0.0951. The number of amides is 1. The number of nitrogens with zero attached hydrogens (tertiary/aromatic N) is 2. The first-order chi connectivity index (χ1) is 12.6. The zero-order valence-corrected chi connectivity index (χ0v) is 14.9. The monoisotopic (exact) mass is 351 g/mol. The number of nitrogens with one attached hydrogen (secondary N) is 1. The molecule has 2 heterocycles. The molecule has 1 amide bonds. The molecule has 0 atom stereocenters. The van der Waals surface area contributed by atoms with Crippen LogP contribution in [0.4, 0.5) is 0 Å². The summed E-state index contributed by atoms with van der Waals surface area (Å²) in [5.41, 5.74) is 2.28. The molecule has 0 aliphatic carbocycles. The maximum absolute atomic E-state index is 12.5. The largest absolute Gasteiger partial charge is 0.497 e. The number of carbonyl (C=O) groups excluding carboxylic acids is 1. The second kappa shape index (κ2) is 7.82. The lowest BCUT2D eigenvalue weighted by Gasteiger charge is -2.08. The molecule has 0 bridgehead atoms. The normalized spacial score (nSPS) is 10.7. The Morgan fingerprint density at radius 1 is 1.27 bits per heavy atom. The molecule has 26 heavy (non-hydrogen) atoms. The zero-order valence-electron chi connectivity index (χ0n) is 14.9. The molecule has 3 aromatic rings. The van der Waals surface area contributed by atoms with Gasteiger partial charge in [-0.2, -0.15) is 0 Å². The van der Waals surface area contributed by atoms with Gasteiger partial charge in [-0.05, 0) is 49.1 Å². The molecule has 0 fully saturated rings. The summed E-state index contributed by atoms with van der Waals surface area (Å²) in [7, 11) is 1.64. The third-order valence-electron chi connectivity index (χ3n) is 4.23. The van der Waals surface area contributed by atoms with Crippen LogP contribution in [0.1, 0.15) is 27.9 Å². The Bertz CT molecular complexity index is 995. The highest BCUT2D eigenvalue weighted by Gasteiger charge is 2.13. The number of fused-ring (bicyclic) bond motifs is 1. The van der Waals surface area contributed by atoms with E-state index in [1.165, 1.54) is 10.6 Å². The van der Waals surface area contributed by atoms with Crippen LogP contribution in [0.15, 0.2) is 53.6 Å². The number of methoxy groups -OCH3 is 1. The van der Waals surface area contributed by atoms with E-state index >= 15 is 0 Å². The molecule has 6 heteroatoms. The van der Waals surface area contributed by atoms with Gasteiger partial charge in [-0.1, -0.05) is 18.2 Å². The van der Waals surface area contributed by atoms with Crippen LogP contribution in [-0.2, 0) is 6.42 Å². The number of carbonyl (C=O) groups is 1. The van der Waals surface area contributed by atoms with Crippen molar-refractivity contribution in [2.45, 2.75) is 19.8 Å². The quantitative estimate of drug-likeness (QED) is 0.692. The Morgan fingerprint density at radius 3 is 2.92 bits per heavy atom. The van der Waals surface area contributed by atoms with Crippen LogP contribution in [0, 0.1) is 6.92 Å². The molecule has 1 aromatic carbocycles. The maximum Gasteiger partial charge on any atom is 0.270 e. The predicted molar refractivity (Wildman–Crippen MR) is 99.8 cm³/mol. The van der Waals surface area contributed by atoms with E-state index in [0.717, 1.165) is 29.7 Å². The van der Waals surface area contributed by atoms with Gasteiger partial charge in [-0.3, -0.25) is 14.0 Å². The Hall–Kier alpha value is -3.15. The van der Waals surface area contributed by atoms with Gasteiger partial charge in [0, 0.05) is 18.9 Å². The first kappa shape index (κ1) is 17.7. The number of rotatable bonds is 6. The Labute approximate surface area is 151 Å². The number of pyridine rings is 1. The standard InChI is InChI=1S/C20H21N3O3/c1-14-6-5-11-23-18(14)22-13-17(20(23)25)19(24)21-10-4-8-15-7-3-9-16(12-15)26-2/h3,5-7,9,11-13H,4,8,10H2,1-2H3,(H,21,24). The number of hydrogen-bond donors (Lipinski definition) is 1. The molecule has 0 aliphatic heterocycles. The number of aryl methyl sites for hydroxylation is 2. The van der Waals surface area contributed by atoms with Crippen molar-refractivity contribution in [3.8, 4) is 5.75 Å². The Kier molecular flexibility index (Phi) is 5.31. The minimum atomic E-state index is -0.399. The number of benzene rings is 1. The average Bonchev–Trinajstić information content (AvgIpc) is 2.66. The summed E-state index contributed by atoms with van der Waals surface area (Å²) in [5.74, 6) is 0.418. The summed E-state index contributed by atoms with van der Waals surface area (Å²) >= 11 is 0. The fourth-order valence-corrected chi connectivity index (χ4v) is 2.82. The van der Waals surface area contributed by atoms with Gasteiger partial charge in [0.15, 0.2) is 0 Å². The van der Waals surface area contributed by atoms with Gasteiger partial charge in [0.2, 0.25) is 0 Å². The van der Waals surface area contributed by atoms with E-state index in [1.807, 2.05) is 37.3 Å². The Balaban J connectivity index is 1.62. The molecule has 0 saturated heterocycles. The van der Waals surface area contributed by atoms with E-state index in [-0.39, 0.29) is 11.1 Å². The second-order valence-electron chi connectivity index (χ2n) is 6.07. The van der Waals surface area contributed by atoms with Crippen LogP contribution in [0.2, 0.25) is 0 Å². The molecule has 0 unspecified atom stereocenters. The van der Waals surface area contributed by atoms with E-state index in [9.17, 15) is 9.59 Å². The molecular weight excluding hydrogens is 330 g/mol. The SMILES string of the molecule is COc1cccc(CCCNC(=O)c2cnc3c(C)cccn3c2=O)c1. The summed E-state index contributed by atoms with van der Waals surface area (Å²) in [6.07, 6.45) is 4.55. The predicted octanol–water partition coefficient (Wildman–Crippen LogP) is 2.37. The summed E-state index contributed by atoms with van der Waals surface area (Å²) in [6, 6.07) is 11.5. The summed E-state index contributed by atoms with van der Waals surface area (Å²) in [4.78, 5) is 29.1. The van der Waals surface area contributed by atoms with Gasteiger partial charge >= 0.3 is 0 Å². The molecule has 0 radical (unpaired) electrons. The van der Waals surface area contributed by atoms with Crippen molar-refractivity contribution in [3.05, 3.63) is 75.8 Å². The van der Waals surface area contributed by atoms with E-state index in [4.69, 9.17) is 4.74 Å². The molecule has 3 rings (SSSR count). The number of hydrogen-bond acceptors (Lipinski definition) is 4. The molecule has 0 saturated carbocycles. The van der Waals surface area contributed by atoms with Gasteiger partial charge in [0.1, 0.15) is 17.0 Å². The topological polar surface area (TPSA) is 72.7 Å². The number of aromatic nitrogens is 2. The molecule has 0 aliphatic rings. The van der Waals surface area contributed by atoms with Crippen LogP contribution in [0.25, 0.3) is 5.65 Å². The molecule has 0 spiro atoms. The molecular formula is C20H21N3O3. The zero-order chi connectivity index (χ0) is 18.5. The number of ether oxygens (including phenoxy) is 1. The summed E-state index contributed by atoms with van der Waals surface area (Å²) in [5, 5.41) is 2.79. The van der Waals surface area contributed by atoms with Crippen LogP contribution < -0.4 is 15.6 Å². The van der Waals surface area contributed by atoms with Crippen molar-refractivity contribution in [2.75, 3.05) is 13.7 Å². The third kappa shape index (κ3) is 3.74. The third-order valence-corrected chi connectivity index (χ3v) is 4.23. The lowest BCUT2D eigenvalue weighted by Crippen LogP contribution is -2.32. The molecule has 1 N–H and O–H groups in total. The van der Waals surface area contributed by atoms with E-state index < -0.39 is 5.91 Å². The summed E-state index contributed by atoms with van der Waals surface area (Å²) in [6.45, 7) is 2.35. The fraction of sp³-hybridized carbons (Fsp3) is 0.250. The van der Waals surface area contributed by atoms with Crippen LogP contribution in [-0.4, -0.2) is 28.9 Å². The fourth-order valence-electron chi connectivity index (χ4n) is 2.82. The lowest BCUT2D eigenvalue weighted by atomic mass is 10.1. The first-order valence-electron chi connectivity index (χ1n) is 8.48. The average molecular weight is 351 g/mol. The van der Waals surface area contributed by atoms with Crippen molar-refractivity contribution in [3.63, 3.8) is 0 Å². The van der Waals surface area contributed by atoms with Crippen LogP contribution in [0.3, 0.4) is 0 Å². The summed E-state index contributed by atoms with van der Waals surface area (Å²) < 4.78 is 6.60. The van der Waals surface area contributed by atoms with E-state index in [2.05, 4.69) is 10.3 Å². The van der Waals surface area contributed by atoms with Gasteiger partial charge in [-0.25, -0.2) is 4.98 Å². The van der Waals surface area contributed by atoms with E-state index in [0.29, 0.717) is 12.2 Å². The van der Waals surface area contributed by atoms with Crippen molar-refractivity contribution in [1.82, 2.24) is 14.7 Å². The van der Waals surface area contributed by atoms with Gasteiger partial charge in [-0.15, -0.1) is 0 Å². The minimum absolute atomic E-state index is 0.0504. The smallest absolute Gasteiger partial charge is 0.270 e. The molecule has 6 nitrogen and oxygen atoms in total. The second-order valence-corrected chi connectivity index (χ2v) is 6.07. The highest BCUT2D eigenvalue weighted by Crippen LogP contribution is 2.13. The van der Waals surface area contributed by atoms with Crippen molar-refractivity contribution >= 4 is 11.6 Å². The highest BCUT2D eigenvalue weighted by molar-refractivity contribution is 5.93. The van der Waals surface area contributed by atoms with Crippen LogP contribution >= 0.6 is 0 Å². The highest BCUT2D eigenvalue weighted by atomic mass is 16.5. The van der Waals surface area contributed by atoms with Gasteiger partial charge in [0.25, 0.3) is 11.5 Å². The first-order valence-corrected chi connectivity index (χ1v) is 8.48. The molecule has 2 aromatic heterocycles. The minimum Gasteiger partial charge on any atom is -0.497 e. The maximum atomic E-state index is 12.5. The van der Waals surface area contributed by atoms with Crippen molar-refractivity contribution in [2.24, 2.45) is 0 Å². The van der Waals surface area contributed by atoms with Crippen molar-refractivity contribution in [1.29, 1.82) is 0 Å².